The summed E-state index contributed by atoms with van der Waals surface area (Å²) in [5.74, 6) is -1.16. The van der Waals surface area contributed by atoms with Crippen molar-refractivity contribution in [3.63, 3.8) is 0 Å². The number of carbonyl (C=O) groups excluding carboxylic acids is 4. The molecule has 1 aliphatic carbocycles. The molecule has 7 nitrogen and oxygen atoms in total. The maximum Gasteiger partial charge on any atom is 0.249 e. The van der Waals surface area contributed by atoms with Crippen LogP contribution in [0.15, 0.2) is 0 Å². The average Bonchev–Trinajstić information content (AvgIpc) is 3.03. The highest BCUT2D eigenvalue weighted by atomic mass is 16.2. The molecule has 1 aliphatic heterocycles. The van der Waals surface area contributed by atoms with Crippen LogP contribution < -0.4 is 11.1 Å². The summed E-state index contributed by atoms with van der Waals surface area (Å²) in [7, 11) is 0. The highest BCUT2D eigenvalue weighted by Gasteiger charge is 2.37. The minimum Gasteiger partial charge on any atom is -0.329 e. The number of nitrogens with two attached hydrogens (primary N) is 1. The van der Waals surface area contributed by atoms with Gasteiger partial charge >= 0.3 is 0 Å². The second-order valence-electron chi connectivity index (χ2n) is 7.61. The molecule has 2 aliphatic rings. The molecule has 3 N–H and O–H groups in total. The Labute approximate surface area is 148 Å². The van der Waals surface area contributed by atoms with E-state index in [-0.39, 0.29) is 18.1 Å². The van der Waals surface area contributed by atoms with Gasteiger partial charge in [0.1, 0.15) is 11.8 Å². The van der Waals surface area contributed by atoms with Gasteiger partial charge in [-0.05, 0) is 38.0 Å². The Morgan fingerprint density at radius 1 is 1.20 bits per heavy atom. The minimum absolute atomic E-state index is 0.0659. The van der Waals surface area contributed by atoms with Gasteiger partial charge < -0.3 is 10.6 Å². The Bertz CT molecular complexity index is 546. The lowest BCUT2D eigenvalue weighted by atomic mass is 9.87. The summed E-state index contributed by atoms with van der Waals surface area (Å²) in [6.07, 6.45) is 3.83. The molecule has 0 radical (unpaired) electrons. The van der Waals surface area contributed by atoms with Crippen LogP contribution >= 0.6 is 0 Å². The van der Waals surface area contributed by atoms with Crippen LogP contribution in [0.4, 0.5) is 0 Å². The third-order valence-electron chi connectivity index (χ3n) is 4.98. The highest BCUT2D eigenvalue weighted by Crippen LogP contribution is 2.23. The topological polar surface area (TPSA) is 110 Å². The summed E-state index contributed by atoms with van der Waals surface area (Å²) in [4.78, 5) is 50.3. The molecule has 3 atom stereocenters. The number of carbonyl (C=O) groups is 4. The van der Waals surface area contributed by atoms with Crippen molar-refractivity contribution in [1.82, 2.24) is 10.2 Å². The monoisotopic (exact) mass is 351 g/mol. The quantitative estimate of drug-likeness (QED) is 0.711. The van der Waals surface area contributed by atoms with E-state index in [1.165, 1.54) is 4.90 Å². The van der Waals surface area contributed by atoms with Gasteiger partial charge in [0.2, 0.25) is 17.7 Å². The Kier molecular flexibility index (Phi) is 6.70. The zero-order valence-corrected chi connectivity index (χ0v) is 15.1. The standard InChI is InChI=1S/C18H29N3O4/c1-11(2)9-14(19)18(25)21-8-4-7-15(21)17(24)20-16(23)12-5-3-6-13(22)10-12/h11-12,14-15H,3-10,19H2,1-2H3,(H,20,23,24)/t12?,14-,15-/m0/s1. The fourth-order valence-electron chi connectivity index (χ4n) is 3.68. The van der Waals surface area contributed by atoms with Gasteiger partial charge in [0, 0.05) is 25.3 Å². The van der Waals surface area contributed by atoms with Crippen LogP contribution in [0.5, 0.6) is 0 Å². The molecule has 3 amide bonds. The zero-order chi connectivity index (χ0) is 18.6. The van der Waals surface area contributed by atoms with Gasteiger partial charge in [-0.15, -0.1) is 0 Å². The third-order valence-corrected chi connectivity index (χ3v) is 4.98. The minimum atomic E-state index is -0.644. The van der Waals surface area contributed by atoms with Crippen molar-refractivity contribution < 1.29 is 19.2 Å². The SMILES string of the molecule is CC(C)C[C@H](N)C(=O)N1CCC[C@H]1C(=O)NC(=O)C1CCCC(=O)C1. The van der Waals surface area contributed by atoms with Gasteiger partial charge in [0.25, 0.3) is 0 Å². The van der Waals surface area contributed by atoms with Crippen molar-refractivity contribution in [2.24, 2.45) is 17.6 Å². The first-order valence-electron chi connectivity index (χ1n) is 9.22. The molecule has 0 aromatic rings. The number of amides is 3. The molecule has 0 bridgehead atoms. The van der Waals surface area contributed by atoms with E-state index in [1.807, 2.05) is 13.8 Å². The maximum absolute atomic E-state index is 12.5. The Morgan fingerprint density at radius 3 is 2.56 bits per heavy atom. The van der Waals surface area contributed by atoms with Crippen LogP contribution in [0.3, 0.4) is 0 Å². The molecule has 1 heterocycles. The van der Waals surface area contributed by atoms with E-state index in [4.69, 9.17) is 5.73 Å². The molecule has 1 saturated carbocycles. The van der Waals surface area contributed by atoms with Crippen molar-refractivity contribution in [2.75, 3.05) is 6.54 Å². The fourth-order valence-corrected chi connectivity index (χ4v) is 3.68. The van der Waals surface area contributed by atoms with Crippen LogP contribution in [0.2, 0.25) is 0 Å². The van der Waals surface area contributed by atoms with Crippen molar-refractivity contribution >= 4 is 23.5 Å². The number of imide groups is 1. The molecule has 2 fully saturated rings. The Balaban J connectivity index is 1.94. The molecule has 7 heteroatoms. The van der Waals surface area contributed by atoms with E-state index in [1.54, 1.807) is 0 Å². The third kappa shape index (κ3) is 5.11. The number of ketones is 1. The summed E-state index contributed by atoms with van der Waals surface area (Å²) < 4.78 is 0. The van der Waals surface area contributed by atoms with E-state index in [9.17, 15) is 19.2 Å². The summed E-state index contributed by atoms with van der Waals surface area (Å²) in [5, 5.41) is 2.41. The molecule has 1 saturated heterocycles. The summed E-state index contributed by atoms with van der Waals surface area (Å²) >= 11 is 0. The van der Waals surface area contributed by atoms with Gasteiger partial charge in [0.05, 0.1) is 6.04 Å². The first-order chi connectivity index (χ1) is 11.8. The van der Waals surface area contributed by atoms with Gasteiger partial charge in [-0.1, -0.05) is 13.8 Å². The molecule has 140 valence electrons. The molecule has 25 heavy (non-hydrogen) atoms. The molecule has 1 unspecified atom stereocenters. The van der Waals surface area contributed by atoms with Gasteiger partial charge in [-0.3, -0.25) is 24.5 Å². The first-order valence-corrected chi connectivity index (χ1v) is 9.22. The zero-order valence-electron chi connectivity index (χ0n) is 15.1. The largest absolute Gasteiger partial charge is 0.329 e. The van der Waals surface area contributed by atoms with Crippen LogP contribution in [0.25, 0.3) is 0 Å². The van der Waals surface area contributed by atoms with E-state index in [0.717, 1.165) is 0 Å². The number of hydrogen-bond acceptors (Lipinski definition) is 5. The van der Waals surface area contributed by atoms with E-state index in [0.29, 0.717) is 51.0 Å². The lowest BCUT2D eigenvalue weighted by Gasteiger charge is -2.28. The number of hydrogen-bond donors (Lipinski definition) is 2. The molecule has 0 spiro atoms. The van der Waals surface area contributed by atoms with Crippen LogP contribution in [-0.2, 0) is 19.2 Å². The Hall–Kier alpha value is -1.76. The predicted octanol–water partition coefficient (Wildman–Crippen LogP) is 0.753. The average molecular weight is 351 g/mol. The van der Waals surface area contributed by atoms with Gasteiger partial charge in [-0.25, -0.2) is 0 Å². The number of likely N-dealkylation sites (tertiary alicyclic amines) is 1. The van der Waals surface area contributed by atoms with Gasteiger partial charge in [-0.2, -0.15) is 0 Å². The van der Waals surface area contributed by atoms with Crippen LogP contribution in [0.1, 0.15) is 58.8 Å². The molecule has 0 aromatic heterocycles. The number of nitrogens with one attached hydrogen (secondary N) is 1. The van der Waals surface area contributed by atoms with E-state index in [2.05, 4.69) is 5.32 Å². The van der Waals surface area contributed by atoms with Crippen molar-refractivity contribution in [3.8, 4) is 0 Å². The lowest BCUT2D eigenvalue weighted by molar-refractivity contribution is -0.143. The molecular weight excluding hydrogens is 322 g/mol. The van der Waals surface area contributed by atoms with Crippen molar-refractivity contribution in [3.05, 3.63) is 0 Å². The summed E-state index contributed by atoms with van der Waals surface area (Å²) in [6, 6.07) is -1.27. The highest BCUT2D eigenvalue weighted by molar-refractivity contribution is 6.01. The molecular formula is C18H29N3O4. The van der Waals surface area contributed by atoms with Crippen LogP contribution in [-0.4, -0.2) is 47.0 Å². The smallest absolute Gasteiger partial charge is 0.249 e. The number of nitrogens with zero attached hydrogens (tertiary/aromatic N) is 1. The second kappa shape index (κ2) is 8.56. The lowest BCUT2D eigenvalue weighted by Crippen LogP contribution is -2.53. The maximum atomic E-state index is 12.5. The normalized spacial score (nSPS) is 25.1. The summed E-state index contributed by atoms with van der Waals surface area (Å²) in [6.45, 7) is 4.47. The summed E-state index contributed by atoms with van der Waals surface area (Å²) in [5.41, 5.74) is 5.97. The number of rotatable bonds is 5. The van der Waals surface area contributed by atoms with E-state index < -0.39 is 29.8 Å². The first kappa shape index (κ1) is 19.6. The second-order valence-corrected chi connectivity index (χ2v) is 7.61. The molecule has 2 rings (SSSR count). The van der Waals surface area contributed by atoms with Crippen molar-refractivity contribution in [2.45, 2.75) is 70.9 Å². The Morgan fingerprint density at radius 2 is 1.92 bits per heavy atom. The van der Waals surface area contributed by atoms with E-state index >= 15 is 0 Å². The van der Waals surface area contributed by atoms with Crippen molar-refractivity contribution in [1.29, 1.82) is 0 Å². The predicted molar refractivity (Wildman–Crippen MR) is 92.3 cm³/mol. The fraction of sp³-hybridized carbons (Fsp3) is 0.778. The van der Waals surface area contributed by atoms with Gasteiger partial charge in [0.15, 0.2) is 0 Å². The number of Topliss-reactive ketones (excluding diaryl/α,β-unsaturated/α-hetero) is 1. The van der Waals surface area contributed by atoms with Crippen LogP contribution in [0, 0.1) is 11.8 Å². The molecule has 0 aromatic carbocycles.